The van der Waals surface area contributed by atoms with Crippen molar-refractivity contribution in [3.8, 4) is 5.75 Å². The second-order valence-electron chi connectivity index (χ2n) is 5.30. The number of aromatic nitrogens is 3. The molecule has 2 rings (SSSR count). The lowest BCUT2D eigenvalue weighted by Crippen LogP contribution is -2.32. The Hall–Kier alpha value is -2.83. The molecule has 0 aliphatic rings. The second kappa shape index (κ2) is 8.71. The van der Waals surface area contributed by atoms with Gasteiger partial charge in [0.25, 0.3) is 0 Å². The highest BCUT2D eigenvalue weighted by atomic mass is 16.5. The minimum Gasteiger partial charge on any atom is -0.487 e. The number of carbonyl (C=O) groups excluding carboxylic acids is 1. The number of amides is 2. The Balaban J connectivity index is 2.00. The first-order valence-electron chi connectivity index (χ1n) is 7.93. The number of rotatable bonds is 8. The van der Waals surface area contributed by atoms with E-state index in [4.69, 9.17) is 4.74 Å². The van der Waals surface area contributed by atoms with Crippen molar-refractivity contribution >= 4 is 11.7 Å². The lowest BCUT2D eigenvalue weighted by Gasteiger charge is -2.16. The summed E-state index contributed by atoms with van der Waals surface area (Å²) in [5, 5.41) is 13.7. The zero-order valence-corrected chi connectivity index (χ0v) is 14.0. The van der Waals surface area contributed by atoms with E-state index >= 15 is 0 Å². The zero-order valence-electron chi connectivity index (χ0n) is 14.0. The van der Waals surface area contributed by atoms with Crippen molar-refractivity contribution in [3.63, 3.8) is 0 Å². The summed E-state index contributed by atoms with van der Waals surface area (Å²) in [5.41, 5.74) is 0.596. The lowest BCUT2D eigenvalue weighted by molar-refractivity contribution is 0.248. The van der Waals surface area contributed by atoms with Crippen LogP contribution in [0.15, 0.2) is 43.2 Å². The molecule has 0 saturated heterocycles. The summed E-state index contributed by atoms with van der Waals surface area (Å²) in [4.78, 5) is 12.3. The van der Waals surface area contributed by atoms with Crippen LogP contribution in [0.2, 0.25) is 0 Å². The topological polar surface area (TPSA) is 81.1 Å². The van der Waals surface area contributed by atoms with Crippen LogP contribution < -0.4 is 15.4 Å². The summed E-state index contributed by atoms with van der Waals surface area (Å²) in [6.07, 6.45) is 4.30. The molecule has 7 heteroatoms. The number of ether oxygens (including phenoxy) is 1. The first-order valence-corrected chi connectivity index (χ1v) is 7.93. The van der Waals surface area contributed by atoms with Gasteiger partial charge in [0, 0.05) is 6.54 Å². The first-order chi connectivity index (χ1) is 11.7. The standard InChI is InChI=1S/C17H23N5O2/c1-4-10-22-12-18-21-16(22)13(3)19-17(23)20-14-8-6-7-9-15(14)24-11-5-2/h5-9,12-13H,2,4,10-11H2,1,3H3,(H2,19,20,23). The molecule has 2 amide bonds. The number of anilines is 1. The normalized spacial score (nSPS) is 11.6. The number of nitrogens with zero attached hydrogens (tertiary/aromatic N) is 3. The van der Waals surface area contributed by atoms with Crippen molar-refractivity contribution < 1.29 is 9.53 Å². The largest absolute Gasteiger partial charge is 0.487 e. The maximum Gasteiger partial charge on any atom is 0.319 e. The Morgan fingerprint density at radius 1 is 1.46 bits per heavy atom. The van der Waals surface area contributed by atoms with Crippen LogP contribution in [0.3, 0.4) is 0 Å². The SMILES string of the molecule is C=CCOc1ccccc1NC(=O)NC(C)c1nncn1CCC. The molecule has 24 heavy (non-hydrogen) atoms. The molecule has 0 saturated carbocycles. The van der Waals surface area contributed by atoms with E-state index in [0.29, 0.717) is 18.0 Å². The van der Waals surface area contributed by atoms with E-state index in [9.17, 15) is 4.79 Å². The number of carbonyl (C=O) groups is 1. The smallest absolute Gasteiger partial charge is 0.319 e. The van der Waals surface area contributed by atoms with Gasteiger partial charge in [0.15, 0.2) is 5.82 Å². The van der Waals surface area contributed by atoms with E-state index in [1.807, 2.05) is 23.6 Å². The third-order valence-electron chi connectivity index (χ3n) is 3.34. The summed E-state index contributed by atoms with van der Waals surface area (Å²) in [7, 11) is 0. The number of hydrogen-bond donors (Lipinski definition) is 2. The van der Waals surface area contributed by atoms with Gasteiger partial charge in [0.05, 0.1) is 11.7 Å². The molecule has 0 radical (unpaired) electrons. The summed E-state index contributed by atoms with van der Waals surface area (Å²) in [6, 6.07) is 6.65. The van der Waals surface area contributed by atoms with Gasteiger partial charge in [-0.3, -0.25) is 0 Å². The maximum atomic E-state index is 12.3. The molecule has 1 aromatic heterocycles. The van der Waals surface area contributed by atoms with Gasteiger partial charge >= 0.3 is 6.03 Å². The molecule has 0 aliphatic carbocycles. The van der Waals surface area contributed by atoms with Crippen molar-refractivity contribution in [1.29, 1.82) is 0 Å². The van der Waals surface area contributed by atoms with Gasteiger partial charge in [-0.25, -0.2) is 4.79 Å². The Bertz CT molecular complexity index is 683. The van der Waals surface area contributed by atoms with Gasteiger partial charge in [0.1, 0.15) is 18.7 Å². The molecule has 1 aromatic carbocycles. The van der Waals surface area contributed by atoms with Gasteiger partial charge in [-0.15, -0.1) is 10.2 Å². The quantitative estimate of drug-likeness (QED) is 0.729. The molecular formula is C17H23N5O2. The van der Waals surface area contributed by atoms with Crippen LogP contribution in [0.5, 0.6) is 5.75 Å². The van der Waals surface area contributed by atoms with Crippen molar-refractivity contribution in [2.75, 3.05) is 11.9 Å². The predicted molar refractivity (Wildman–Crippen MR) is 93.0 cm³/mol. The van der Waals surface area contributed by atoms with Gasteiger partial charge in [-0.1, -0.05) is 31.7 Å². The fourth-order valence-corrected chi connectivity index (χ4v) is 2.28. The number of benzene rings is 1. The van der Waals surface area contributed by atoms with Crippen LogP contribution in [0.4, 0.5) is 10.5 Å². The van der Waals surface area contributed by atoms with Crippen LogP contribution in [0, 0.1) is 0 Å². The number of hydrogen-bond acceptors (Lipinski definition) is 4. The van der Waals surface area contributed by atoms with Gasteiger partial charge < -0.3 is 19.9 Å². The van der Waals surface area contributed by atoms with E-state index < -0.39 is 0 Å². The van der Waals surface area contributed by atoms with Crippen LogP contribution in [-0.2, 0) is 6.54 Å². The molecule has 0 fully saturated rings. The molecule has 2 N–H and O–H groups in total. The van der Waals surface area contributed by atoms with E-state index in [-0.39, 0.29) is 12.1 Å². The molecule has 128 valence electrons. The lowest BCUT2D eigenvalue weighted by atomic mass is 10.3. The summed E-state index contributed by atoms with van der Waals surface area (Å²) >= 11 is 0. The summed E-state index contributed by atoms with van der Waals surface area (Å²) in [6.45, 7) is 8.75. The third-order valence-corrected chi connectivity index (χ3v) is 3.34. The molecule has 1 heterocycles. The summed E-state index contributed by atoms with van der Waals surface area (Å²) < 4.78 is 7.47. The van der Waals surface area contributed by atoms with Crippen molar-refractivity contribution in [2.24, 2.45) is 0 Å². The van der Waals surface area contributed by atoms with Crippen LogP contribution in [0.25, 0.3) is 0 Å². The monoisotopic (exact) mass is 329 g/mol. The Morgan fingerprint density at radius 3 is 3.00 bits per heavy atom. The first kappa shape index (κ1) is 17.5. The van der Waals surface area contributed by atoms with Crippen molar-refractivity contribution in [3.05, 3.63) is 49.1 Å². The van der Waals surface area contributed by atoms with E-state index in [0.717, 1.165) is 18.8 Å². The van der Waals surface area contributed by atoms with E-state index in [1.54, 1.807) is 24.5 Å². The molecule has 1 atom stereocenters. The van der Waals surface area contributed by atoms with E-state index in [2.05, 4.69) is 34.3 Å². The minimum atomic E-state index is -0.330. The highest BCUT2D eigenvalue weighted by Gasteiger charge is 2.16. The van der Waals surface area contributed by atoms with Crippen molar-refractivity contribution in [1.82, 2.24) is 20.1 Å². The fourth-order valence-electron chi connectivity index (χ4n) is 2.28. The van der Waals surface area contributed by atoms with Crippen LogP contribution >= 0.6 is 0 Å². The minimum absolute atomic E-state index is 0.264. The highest BCUT2D eigenvalue weighted by Crippen LogP contribution is 2.23. The second-order valence-corrected chi connectivity index (χ2v) is 5.30. The van der Waals surface area contributed by atoms with Gasteiger partial charge in [0.2, 0.25) is 0 Å². The highest BCUT2D eigenvalue weighted by molar-refractivity contribution is 5.91. The Morgan fingerprint density at radius 2 is 2.25 bits per heavy atom. The molecule has 7 nitrogen and oxygen atoms in total. The molecule has 2 aromatic rings. The van der Waals surface area contributed by atoms with Gasteiger partial charge in [-0.2, -0.15) is 0 Å². The predicted octanol–water partition coefficient (Wildman–Crippen LogP) is 3.14. The molecular weight excluding hydrogens is 306 g/mol. The van der Waals surface area contributed by atoms with Gasteiger partial charge in [-0.05, 0) is 25.5 Å². The third kappa shape index (κ3) is 4.58. The number of aryl methyl sites for hydroxylation is 1. The Labute approximate surface area is 141 Å². The number of para-hydroxylation sites is 2. The summed E-state index contributed by atoms with van der Waals surface area (Å²) in [5.74, 6) is 1.32. The Kier molecular flexibility index (Phi) is 6.36. The maximum absolute atomic E-state index is 12.3. The van der Waals surface area contributed by atoms with Crippen molar-refractivity contribution in [2.45, 2.75) is 32.9 Å². The average molecular weight is 329 g/mol. The van der Waals surface area contributed by atoms with Crippen LogP contribution in [0.1, 0.15) is 32.1 Å². The number of nitrogens with one attached hydrogen (secondary N) is 2. The fraction of sp³-hybridized carbons (Fsp3) is 0.353. The number of urea groups is 1. The molecule has 1 unspecified atom stereocenters. The van der Waals surface area contributed by atoms with E-state index in [1.165, 1.54) is 0 Å². The molecule has 0 aliphatic heterocycles. The van der Waals surface area contributed by atoms with Crippen LogP contribution in [-0.4, -0.2) is 27.4 Å². The molecule has 0 bridgehead atoms. The zero-order chi connectivity index (χ0) is 17.4. The molecule has 0 spiro atoms. The average Bonchev–Trinajstić information content (AvgIpc) is 3.03.